The Morgan fingerprint density at radius 3 is 2.64 bits per heavy atom. The summed E-state index contributed by atoms with van der Waals surface area (Å²) in [5.41, 5.74) is 0. The summed E-state index contributed by atoms with van der Waals surface area (Å²) in [5, 5.41) is 0.345. The van der Waals surface area contributed by atoms with Crippen molar-refractivity contribution in [1.29, 1.82) is 4.78 Å². The molecule has 0 aromatic carbocycles. The summed E-state index contributed by atoms with van der Waals surface area (Å²) < 4.78 is 19.3. The normalized spacial score (nSPS) is 15.8. The van der Waals surface area contributed by atoms with E-state index in [0.29, 0.717) is 5.03 Å². The number of hydrogen-bond donors (Lipinski definition) is 1. The van der Waals surface area contributed by atoms with Gasteiger partial charge in [0.2, 0.25) is 0 Å². The fraction of sp³-hybridized carbons (Fsp3) is 0.167. The molecule has 1 aromatic heterocycles. The number of pyridine rings is 1. The first kappa shape index (κ1) is 8.92. The highest BCUT2D eigenvalue weighted by Gasteiger charge is 2.02. The SMILES string of the molecule is CS(=N)(=O)c1ccc(I)cn1. The Morgan fingerprint density at radius 1 is 1.64 bits per heavy atom. The van der Waals surface area contributed by atoms with Gasteiger partial charge in [0.05, 0.1) is 9.73 Å². The Bertz CT molecular complexity index is 343. The first-order valence-electron chi connectivity index (χ1n) is 2.85. The molecule has 0 aliphatic rings. The number of nitrogens with one attached hydrogen (secondary N) is 1. The highest BCUT2D eigenvalue weighted by Crippen LogP contribution is 2.07. The van der Waals surface area contributed by atoms with Crippen LogP contribution in [-0.2, 0) is 9.73 Å². The molecule has 0 saturated heterocycles. The molecule has 0 radical (unpaired) electrons. The zero-order chi connectivity index (χ0) is 8.48. The van der Waals surface area contributed by atoms with Gasteiger partial charge in [-0.05, 0) is 34.7 Å². The Kier molecular flexibility index (Phi) is 2.48. The second kappa shape index (κ2) is 3.06. The Labute approximate surface area is 79.3 Å². The third-order valence-electron chi connectivity index (χ3n) is 1.10. The number of rotatable bonds is 1. The van der Waals surface area contributed by atoms with E-state index in [2.05, 4.69) is 27.6 Å². The maximum Gasteiger partial charge on any atom is 0.135 e. The lowest BCUT2D eigenvalue weighted by Crippen LogP contribution is -1.97. The molecule has 1 rings (SSSR count). The van der Waals surface area contributed by atoms with E-state index in [-0.39, 0.29) is 0 Å². The maximum absolute atomic E-state index is 11.1. The molecule has 0 amide bonds. The second-order valence-electron chi connectivity index (χ2n) is 2.16. The number of aromatic nitrogens is 1. The van der Waals surface area contributed by atoms with Gasteiger partial charge in [0, 0.05) is 16.0 Å². The summed E-state index contributed by atoms with van der Waals surface area (Å²) in [4.78, 5) is 3.88. The van der Waals surface area contributed by atoms with Gasteiger partial charge in [0.15, 0.2) is 0 Å². The van der Waals surface area contributed by atoms with E-state index in [4.69, 9.17) is 4.78 Å². The van der Waals surface area contributed by atoms with Crippen LogP contribution in [0.3, 0.4) is 0 Å². The van der Waals surface area contributed by atoms with E-state index < -0.39 is 9.73 Å². The standard InChI is InChI=1S/C6H7IN2OS/c1-11(8,10)6-3-2-5(7)4-9-6/h2-4,8H,1H3. The molecule has 0 aliphatic carbocycles. The molecule has 3 nitrogen and oxygen atoms in total. The van der Waals surface area contributed by atoms with E-state index >= 15 is 0 Å². The summed E-state index contributed by atoms with van der Waals surface area (Å²) in [5.74, 6) is 0. The summed E-state index contributed by atoms with van der Waals surface area (Å²) in [7, 11) is -2.63. The fourth-order valence-electron chi connectivity index (χ4n) is 0.593. The van der Waals surface area contributed by atoms with Gasteiger partial charge in [0.25, 0.3) is 0 Å². The first-order valence-corrected chi connectivity index (χ1v) is 5.90. The van der Waals surface area contributed by atoms with Crippen LogP contribution in [0.25, 0.3) is 0 Å². The summed E-state index contributed by atoms with van der Waals surface area (Å²) in [6.45, 7) is 0. The quantitative estimate of drug-likeness (QED) is 0.797. The monoisotopic (exact) mass is 282 g/mol. The van der Waals surface area contributed by atoms with E-state index in [1.54, 1.807) is 18.3 Å². The van der Waals surface area contributed by atoms with Crippen LogP contribution in [0.1, 0.15) is 0 Å². The van der Waals surface area contributed by atoms with Gasteiger partial charge in [-0.1, -0.05) is 0 Å². The predicted octanol–water partition coefficient (Wildman–Crippen LogP) is 1.72. The molecule has 0 saturated carbocycles. The highest BCUT2D eigenvalue weighted by molar-refractivity contribution is 14.1. The first-order chi connectivity index (χ1) is 5.00. The summed E-state index contributed by atoms with van der Waals surface area (Å²) in [6.07, 6.45) is 2.97. The van der Waals surface area contributed by atoms with Crippen molar-refractivity contribution in [1.82, 2.24) is 4.98 Å². The minimum absolute atomic E-state index is 0.345. The van der Waals surface area contributed by atoms with Crippen LogP contribution in [0.4, 0.5) is 0 Å². The van der Waals surface area contributed by atoms with Crippen LogP contribution >= 0.6 is 22.6 Å². The van der Waals surface area contributed by atoms with Crippen LogP contribution in [-0.4, -0.2) is 15.4 Å². The van der Waals surface area contributed by atoms with E-state index in [9.17, 15) is 4.21 Å². The molecular weight excluding hydrogens is 275 g/mol. The van der Waals surface area contributed by atoms with E-state index in [1.165, 1.54) is 6.26 Å². The summed E-state index contributed by atoms with van der Waals surface area (Å²) >= 11 is 2.11. The van der Waals surface area contributed by atoms with Gasteiger partial charge >= 0.3 is 0 Å². The van der Waals surface area contributed by atoms with Crippen molar-refractivity contribution in [3.05, 3.63) is 21.9 Å². The Balaban J connectivity index is 3.20. The molecule has 1 N–H and O–H groups in total. The summed E-state index contributed by atoms with van der Waals surface area (Å²) in [6, 6.07) is 3.41. The Morgan fingerprint density at radius 2 is 2.27 bits per heavy atom. The molecule has 11 heavy (non-hydrogen) atoms. The lowest BCUT2D eigenvalue weighted by atomic mass is 10.5. The molecule has 1 heterocycles. The number of halogens is 1. The van der Waals surface area contributed by atoms with Crippen molar-refractivity contribution in [3.63, 3.8) is 0 Å². The minimum atomic E-state index is -2.63. The highest BCUT2D eigenvalue weighted by atomic mass is 127. The second-order valence-corrected chi connectivity index (χ2v) is 5.51. The molecule has 60 valence electrons. The van der Waals surface area contributed by atoms with Gasteiger partial charge in [0.1, 0.15) is 5.03 Å². The topological polar surface area (TPSA) is 53.8 Å². The molecule has 1 atom stereocenters. The van der Waals surface area contributed by atoms with E-state index in [1.807, 2.05) is 0 Å². The molecule has 1 unspecified atom stereocenters. The lowest BCUT2D eigenvalue weighted by molar-refractivity contribution is 0.676. The van der Waals surface area contributed by atoms with Crippen molar-refractivity contribution in [3.8, 4) is 0 Å². The molecular formula is C6H7IN2OS. The molecule has 0 fully saturated rings. The van der Waals surface area contributed by atoms with Gasteiger partial charge in [-0.15, -0.1) is 0 Å². The average Bonchev–Trinajstić information content (AvgIpc) is 1.86. The third kappa shape index (κ3) is 2.41. The largest absolute Gasteiger partial charge is 0.248 e. The average molecular weight is 282 g/mol. The predicted molar refractivity (Wildman–Crippen MR) is 52.0 cm³/mol. The maximum atomic E-state index is 11.1. The zero-order valence-electron chi connectivity index (χ0n) is 5.87. The van der Waals surface area contributed by atoms with Crippen LogP contribution in [0.5, 0.6) is 0 Å². The van der Waals surface area contributed by atoms with Crippen molar-refractivity contribution >= 4 is 32.3 Å². The van der Waals surface area contributed by atoms with Crippen LogP contribution in [0.2, 0.25) is 0 Å². The molecule has 0 aliphatic heterocycles. The van der Waals surface area contributed by atoms with E-state index in [0.717, 1.165) is 3.57 Å². The molecule has 0 spiro atoms. The third-order valence-corrected chi connectivity index (χ3v) is 2.78. The van der Waals surface area contributed by atoms with Crippen LogP contribution in [0, 0.1) is 8.35 Å². The van der Waals surface area contributed by atoms with Crippen LogP contribution in [0.15, 0.2) is 23.4 Å². The Hall–Kier alpha value is -0.170. The van der Waals surface area contributed by atoms with Crippen molar-refractivity contribution < 1.29 is 4.21 Å². The molecule has 5 heteroatoms. The van der Waals surface area contributed by atoms with Crippen LogP contribution < -0.4 is 0 Å². The molecule has 1 aromatic rings. The van der Waals surface area contributed by atoms with Gasteiger partial charge in [-0.3, -0.25) is 0 Å². The molecule has 0 bridgehead atoms. The number of nitrogens with zero attached hydrogens (tertiary/aromatic N) is 1. The smallest absolute Gasteiger partial charge is 0.135 e. The van der Waals surface area contributed by atoms with Gasteiger partial charge in [-0.2, -0.15) is 0 Å². The van der Waals surface area contributed by atoms with Crippen molar-refractivity contribution in [2.24, 2.45) is 0 Å². The van der Waals surface area contributed by atoms with Gasteiger partial charge < -0.3 is 0 Å². The van der Waals surface area contributed by atoms with Crippen molar-refractivity contribution in [2.75, 3.05) is 6.26 Å². The fourth-order valence-corrected chi connectivity index (χ4v) is 1.49. The number of hydrogen-bond acceptors (Lipinski definition) is 3. The zero-order valence-corrected chi connectivity index (χ0v) is 8.85. The van der Waals surface area contributed by atoms with Gasteiger partial charge in [-0.25, -0.2) is 14.0 Å². The lowest BCUT2D eigenvalue weighted by Gasteiger charge is -1.97. The minimum Gasteiger partial charge on any atom is -0.248 e. The van der Waals surface area contributed by atoms with Crippen molar-refractivity contribution in [2.45, 2.75) is 5.03 Å².